The Morgan fingerprint density at radius 2 is 2.10 bits per heavy atom. The number of carbonyl (C=O) groups is 2. The maximum Gasteiger partial charge on any atom is 0.270 e. The molecular weight excluding hydrogens is 398 g/mol. The summed E-state index contributed by atoms with van der Waals surface area (Å²) in [4.78, 5) is 31.8. The zero-order valence-electron chi connectivity index (χ0n) is 16.2. The van der Waals surface area contributed by atoms with Gasteiger partial charge in [0.15, 0.2) is 0 Å². The van der Waals surface area contributed by atoms with E-state index < -0.39 is 0 Å². The van der Waals surface area contributed by atoms with Crippen molar-refractivity contribution in [3.8, 4) is 0 Å². The van der Waals surface area contributed by atoms with Gasteiger partial charge >= 0.3 is 0 Å². The number of thiophene rings is 1. The van der Waals surface area contributed by atoms with Crippen molar-refractivity contribution >= 4 is 34.1 Å². The molecule has 0 fully saturated rings. The van der Waals surface area contributed by atoms with E-state index in [1.165, 1.54) is 0 Å². The number of carbonyl (C=O) groups excluding carboxylic acids is 2. The van der Waals surface area contributed by atoms with Gasteiger partial charge < -0.3 is 15.2 Å². The molecule has 2 N–H and O–H groups in total. The van der Waals surface area contributed by atoms with Gasteiger partial charge in [-0.15, -0.1) is 11.3 Å². The number of para-hydroxylation sites is 1. The van der Waals surface area contributed by atoms with Gasteiger partial charge in [-0.3, -0.25) is 14.3 Å². The van der Waals surface area contributed by atoms with Crippen molar-refractivity contribution in [3.63, 3.8) is 0 Å². The summed E-state index contributed by atoms with van der Waals surface area (Å²) in [6.45, 7) is 1.43. The summed E-state index contributed by atoms with van der Waals surface area (Å²) < 4.78 is 1.87. The molecule has 3 aromatic heterocycles. The lowest BCUT2D eigenvalue weighted by molar-refractivity contribution is -0.122. The summed E-state index contributed by atoms with van der Waals surface area (Å²) in [5.41, 5.74) is 2.43. The molecule has 1 aliphatic heterocycles. The molecule has 152 valence electrons. The lowest BCUT2D eigenvalue weighted by Crippen LogP contribution is -2.43. The Bertz CT molecular complexity index is 1160. The van der Waals surface area contributed by atoms with Crippen molar-refractivity contribution in [3.05, 3.63) is 76.4 Å². The third-order valence-electron chi connectivity index (χ3n) is 5.39. The summed E-state index contributed by atoms with van der Waals surface area (Å²) in [5, 5.41) is 10.4. The number of hydrogen-bond donors (Lipinski definition) is 2. The van der Waals surface area contributed by atoms with Crippen LogP contribution in [0.25, 0.3) is 10.9 Å². The van der Waals surface area contributed by atoms with Crippen LogP contribution >= 0.6 is 11.3 Å². The largest absolute Gasteiger partial charge is 0.351 e. The number of aromatic nitrogens is 3. The number of rotatable bonds is 5. The van der Waals surface area contributed by atoms with E-state index in [9.17, 15) is 9.59 Å². The van der Waals surface area contributed by atoms with Gasteiger partial charge in [0.2, 0.25) is 5.91 Å². The third kappa shape index (κ3) is 3.61. The fourth-order valence-corrected chi connectivity index (χ4v) is 4.58. The topological polar surface area (TPSA) is 83.0 Å². The number of fused-ring (bicyclic) bond motifs is 2. The zero-order chi connectivity index (χ0) is 20.5. The van der Waals surface area contributed by atoms with E-state index >= 15 is 0 Å². The van der Waals surface area contributed by atoms with Gasteiger partial charge in [-0.25, -0.2) is 0 Å². The van der Waals surface area contributed by atoms with Crippen LogP contribution in [-0.2, 0) is 17.9 Å². The maximum atomic E-state index is 13.2. The lowest BCUT2D eigenvalue weighted by atomic mass is 10.1. The molecule has 2 amide bonds. The van der Waals surface area contributed by atoms with Gasteiger partial charge in [-0.1, -0.05) is 24.3 Å². The van der Waals surface area contributed by atoms with E-state index in [4.69, 9.17) is 0 Å². The number of benzene rings is 1. The molecule has 0 spiro atoms. The van der Waals surface area contributed by atoms with Gasteiger partial charge in [0.25, 0.3) is 5.91 Å². The molecular formula is C22H21N5O2S. The second-order valence-corrected chi connectivity index (χ2v) is 8.47. The number of aromatic amines is 1. The monoisotopic (exact) mass is 419 g/mol. The van der Waals surface area contributed by atoms with Crippen LogP contribution in [0, 0.1) is 0 Å². The Morgan fingerprint density at radius 1 is 1.20 bits per heavy atom. The Morgan fingerprint density at radius 3 is 2.93 bits per heavy atom. The summed E-state index contributed by atoms with van der Waals surface area (Å²) in [6, 6.07) is 15.4. The molecule has 0 saturated carbocycles. The van der Waals surface area contributed by atoms with E-state index in [2.05, 4.69) is 15.4 Å². The normalized spacial score (nSPS) is 15.9. The molecule has 4 heterocycles. The van der Waals surface area contributed by atoms with Crippen molar-refractivity contribution in [2.75, 3.05) is 6.54 Å². The quantitative estimate of drug-likeness (QED) is 0.521. The highest BCUT2D eigenvalue weighted by molar-refractivity contribution is 7.09. The van der Waals surface area contributed by atoms with Crippen molar-refractivity contribution in [1.29, 1.82) is 0 Å². The van der Waals surface area contributed by atoms with Gasteiger partial charge in [-0.05, 0) is 29.6 Å². The fraction of sp³-hybridized carbons (Fsp3) is 0.227. The van der Waals surface area contributed by atoms with Crippen LogP contribution in [0.3, 0.4) is 0 Å². The molecule has 8 heteroatoms. The molecule has 1 aromatic carbocycles. The minimum absolute atomic E-state index is 0.0465. The minimum Gasteiger partial charge on any atom is -0.351 e. The van der Waals surface area contributed by atoms with Crippen LogP contribution in [0.4, 0.5) is 0 Å². The number of nitrogens with one attached hydrogen (secondary N) is 2. The van der Waals surface area contributed by atoms with E-state index in [-0.39, 0.29) is 24.3 Å². The maximum absolute atomic E-state index is 13.2. The van der Waals surface area contributed by atoms with Crippen LogP contribution in [0.1, 0.15) is 33.5 Å². The first kappa shape index (κ1) is 18.6. The summed E-state index contributed by atoms with van der Waals surface area (Å²) in [6.07, 6.45) is 2.00. The highest BCUT2D eigenvalue weighted by Gasteiger charge is 2.31. The standard InChI is InChI=1S/C22H21N5O2S/c28-21(23-12-18-5-3-9-30-18)11-17-14-26(13-16-7-8-24-27(16)17)22(29)20-10-15-4-1-2-6-19(15)25-20/h1-10,17,25H,11-14H2,(H,23,28)/t17-/m1/s1. The van der Waals surface area contributed by atoms with Crippen LogP contribution < -0.4 is 5.32 Å². The predicted octanol–water partition coefficient (Wildman–Crippen LogP) is 3.33. The molecule has 5 rings (SSSR count). The Balaban J connectivity index is 1.31. The Labute approximate surface area is 177 Å². The molecule has 7 nitrogen and oxygen atoms in total. The van der Waals surface area contributed by atoms with E-state index in [0.717, 1.165) is 21.5 Å². The molecule has 30 heavy (non-hydrogen) atoms. The number of amides is 2. The SMILES string of the molecule is O=C(C[C@@H]1CN(C(=O)c2cc3ccccc3[nH]2)Cc2ccnn21)NCc1cccs1. The molecule has 1 aliphatic rings. The molecule has 0 bridgehead atoms. The van der Waals surface area contributed by atoms with Crippen molar-refractivity contribution in [1.82, 2.24) is 25.0 Å². The molecule has 4 aromatic rings. The lowest BCUT2D eigenvalue weighted by Gasteiger charge is -2.33. The van der Waals surface area contributed by atoms with Gasteiger partial charge in [-0.2, -0.15) is 5.10 Å². The minimum atomic E-state index is -0.194. The predicted molar refractivity (Wildman–Crippen MR) is 115 cm³/mol. The molecule has 0 saturated heterocycles. The first-order valence-electron chi connectivity index (χ1n) is 9.86. The second kappa shape index (κ2) is 7.79. The van der Waals surface area contributed by atoms with Crippen LogP contribution in [0.15, 0.2) is 60.1 Å². The number of H-pyrrole nitrogens is 1. The molecule has 0 unspecified atom stereocenters. The van der Waals surface area contributed by atoms with Crippen molar-refractivity contribution < 1.29 is 9.59 Å². The smallest absolute Gasteiger partial charge is 0.270 e. The highest BCUT2D eigenvalue weighted by Crippen LogP contribution is 2.25. The third-order valence-corrected chi connectivity index (χ3v) is 6.27. The van der Waals surface area contributed by atoms with Crippen LogP contribution in [0.2, 0.25) is 0 Å². The number of nitrogens with zero attached hydrogens (tertiary/aromatic N) is 3. The van der Waals surface area contributed by atoms with Crippen molar-refractivity contribution in [2.45, 2.75) is 25.6 Å². The molecule has 0 radical (unpaired) electrons. The van der Waals surface area contributed by atoms with Gasteiger partial charge in [0.1, 0.15) is 5.69 Å². The first-order chi connectivity index (χ1) is 14.7. The zero-order valence-corrected chi connectivity index (χ0v) is 17.1. The van der Waals surface area contributed by atoms with Gasteiger partial charge in [0, 0.05) is 28.5 Å². The highest BCUT2D eigenvalue weighted by atomic mass is 32.1. The van der Waals surface area contributed by atoms with E-state index in [0.29, 0.717) is 25.3 Å². The number of hydrogen-bond acceptors (Lipinski definition) is 4. The Hall–Kier alpha value is -3.39. The first-order valence-corrected chi connectivity index (χ1v) is 10.7. The average Bonchev–Trinajstić information content (AvgIpc) is 3.51. The van der Waals surface area contributed by atoms with Crippen molar-refractivity contribution in [2.24, 2.45) is 0 Å². The fourth-order valence-electron chi connectivity index (χ4n) is 3.94. The van der Waals surface area contributed by atoms with E-state index in [1.54, 1.807) is 22.4 Å². The molecule has 1 atom stereocenters. The summed E-state index contributed by atoms with van der Waals surface area (Å²) >= 11 is 1.62. The molecule has 0 aliphatic carbocycles. The van der Waals surface area contributed by atoms with Crippen LogP contribution in [0.5, 0.6) is 0 Å². The van der Waals surface area contributed by atoms with Gasteiger partial charge in [0.05, 0.1) is 31.2 Å². The van der Waals surface area contributed by atoms with E-state index in [1.807, 2.05) is 58.6 Å². The average molecular weight is 420 g/mol. The Kier molecular flexibility index (Phi) is 4.84. The summed E-state index contributed by atoms with van der Waals surface area (Å²) in [5.74, 6) is -0.114. The second-order valence-electron chi connectivity index (χ2n) is 7.44. The van der Waals surface area contributed by atoms with Crippen LogP contribution in [-0.4, -0.2) is 38.0 Å². The summed E-state index contributed by atoms with van der Waals surface area (Å²) in [7, 11) is 0.